The first-order chi connectivity index (χ1) is 13.6. The zero-order valence-electron chi connectivity index (χ0n) is 16.1. The lowest BCUT2D eigenvalue weighted by molar-refractivity contribution is -0.117. The fraction of sp³-hybridized carbons (Fsp3) is 0.333. The Balaban J connectivity index is 1.61. The molecule has 3 aromatic rings. The second-order valence-corrected chi connectivity index (χ2v) is 6.99. The average molecular weight is 377 g/mol. The van der Waals surface area contributed by atoms with E-state index in [0.29, 0.717) is 30.1 Å². The molecule has 2 heterocycles. The van der Waals surface area contributed by atoms with Crippen molar-refractivity contribution in [3.05, 3.63) is 48.2 Å². The highest BCUT2D eigenvalue weighted by molar-refractivity contribution is 5.95. The van der Waals surface area contributed by atoms with Crippen molar-refractivity contribution in [1.29, 1.82) is 0 Å². The third kappa shape index (κ3) is 3.47. The lowest BCUT2D eigenvalue weighted by atomic mass is 10.1. The van der Waals surface area contributed by atoms with Crippen molar-refractivity contribution in [2.45, 2.75) is 26.7 Å². The third-order valence-corrected chi connectivity index (χ3v) is 5.06. The van der Waals surface area contributed by atoms with Gasteiger partial charge in [-0.3, -0.25) is 14.0 Å². The summed E-state index contributed by atoms with van der Waals surface area (Å²) >= 11 is 0. The Labute approximate surface area is 163 Å². The van der Waals surface area contributed by atoms with E-state index in [9.17, 15) is 9.59 Å². The van der Waals surface area contributed by atoms with Crippen LogP contribution < -0.4 is 5.32 Å². The quantitative estimate of drug-likeness (QED) is 0.715. The van der Waals surface area contributed by atoms with Crippen LogP contribution in [0, 0.1) is 5.92 Å². The molecule has 0 unspecified atom stereocenters. The minimum absolute atomic E-state index is 0.0210. The van der Waals surface area contributed by atoms with E-state index in [-0.39, 0.29) is 17.7 Å². The second kappa shape index (κ2) is 7.42. The Kier molecular flexibility index (Phi) is 4.81. The molecule has 2 aromatic heterocycles. The summed E-state index contributed by atoms with van der Waals surface area (Å²) in [6.45, 7) is 5.30. The van der Waals surface area contributed by atoms with Gasteiger partial charge in [0.05, 0.1) is 5.69 Å². The summed E-state index contributed by atoms with van der Waals surface area (Å²) in [6.07, 6.45) is 3.76. The van der Waals surface area contributed by atoms with Gasteiger partial charge in [-0.15, -0.1) is 10.2 Å². The molecule has 0 atom stereocenters. The monoisotopic (exact) mass is 377 g/mol. The van der Waals surface area contributed by atoms with Crippen molar-refractivity contribution in [2.24, 2.45) is 5.92 Å². The predicted octanol–water partition coefficient (Wildman–Crippen LogP) is 3.23. The Morgan fingerprint density at radius 1 is 1.07 bits per heavy atom. The van der Waals surface area contributed by atoms with Crippen LogP contribution in [0.2, 0.25) is 0 Å². The van der Waals surface area contributed by atoms with Crippen LogP contribution in [0.4, 0.5) is 5.69 Å². The second-order valence-electron chi connectivity index (χ2n) is 6.99. The van der Waals surface area contributed by atoms with E-state index in [2.05, 4.69) is 15.5 Å². The van der Waals surface area contributed by atoms with Crippen molar-refractivity contribution in [3.8, 4) is 11.4 Å². The molecule has 1 fully saturated rings. The summed E-state index contributed by atoms with van der Waals surface area (Å²) in [4.78, 5) is 26.3. The predicted molar refractivity (Wildman–Crippen MR) is 107 cm³/mol. The molecule has 2 amide bonds. The maximum Gasteiger partial charge on any atom is 0.253 e. The number of pyridine rings is 1. The van der Waals surface area contributed by atoms with Gasteiger partial charge < -0.3 is 10.2 Å². The van der Waals surface area contributed by atoms with Gasteiger partial charge in [0.1, 0.15) is 0 Å². The molecule has 7 nitrogen and oxygen atoms in total. The van der Waals surface area contributed by atoms with Crippen molar-refractivity contribution < 1.29 is 9.59 Å². The van der Waals surface area contributed by atoms with Gasteiger partial charge in [0.25, 0.3) is 5.91 Å². The topological polar surface area (TPSA) is 79.6 Å². The highest BCUT2D eigenvalue weighted by Gasteiger charge is 2.29. The van der Waals surface area contributed by atoms with Crippen LogP contribution in [0.15, 0.2) is 42.6 Å². The molecule has 0 radical (unpaired) electrons. The standard InChI is InChI=1S/C21H23N5O2/c1-3-25(4-2)21(28)16-9-5-14(6-10-16)19-24-23-18-12-11-17(13-26(18)19)22-20(27)15-7-8-15/h5-6,9-13,15H,3-4,7-8H2,1-2H3,(H,22,27). The van der Waals surface area contributed by atoms with E-state index in [0.717, 1.165) is 24.1 Å². The Morgan fingerprint density at radius 3 is 2.43 bits per heavy atom. The van der Waals surface area contributed by atoms with Gasteiger partial charge in [-0.05, 0) is 51.0 Å². The first-order valence-corrected chi connectivity index (χ1v) is 9.66. The highest BCUT2D eigenvalue weighted by atomic mass is 16.2. The van der Waals surface area contributed by atoms with Gasteiger partial charge in [-0.1, -0.05) is 12.1 Å². The van der Waals surface area contributed by atoms with Crippen molar-refractivity contribution in [3.63, 3.8) is 0 Å². The van der Waals surface area contributed by atoms with Crippen LogP contribution >= 0.6 is 0 Å². The summed E-state index contributed by atoms with van der Waals surface area (Å²) in [5.74, 6) is 0.896. The van der Waals surface area contributed by atoms with E-state index < -0.39 is 0 Å². The SMILES string of the molecule is CCN(CC)C(=O)c1ccc(-c2nnc3ccc(NC(=O)C4CC4)cn23)cc1. The van der Waals surface area contributed by atoms with Gasteiger partial charge in [0.15, 0.2) is 11.5 Å². The van der Waals surface area contributed by atoms with Crippen LogP contribution in [-0.4, -0.2) is 44.4 Å². The third-order valence-electron chi connectivity index (χ3n) is 5.06. The van der Waals surface area contributed by atoms with Gasteiger partial charge in [0, 0.05) is 36.3 Å². The number of carbonyl (C=O) groups excluding carboxylic acids is 2. The molecule has 28 heavy (non-hydrogen) atoms. The molecule has 0 aliphatic heterocycles. The Hall–Kier alpha value is -3.22. The first-order valence-electron chi connectivity index (χ1n) is 9.66. The van der Waals surface area contributed by atoms with Crippen molar-refractivity contribution >= 4 is 23.1 Å². The van der Waals surface area contributed by atoms with E-state index in [4.69, 9.17) is 0 Å². The van der Waals surface area contributed by atoms with E-state index in [1.807, 2.05) is 60.8 Å². The van der Waals surface area contributed by atoms with E-state index in [1.165, 1.54) is 0 Å². The van der Waals surface area contributed by atoms with E-state index in [1.54, 1.807) is 4.90 Å². The molecule has 1 saturated carbocycles. The lowest BCUT2D eigenvalue weighted by Gasteiger charge is -2.18. The number of rotatable bonds is 6. The molecule has 1 aliphatic rings. The fourth-order valence-electron chi connectivity index (χ4n) is 3.21. The summed E-state index contributed by atoms with van der Waals surface area (Å²) in [6, 6.07) is 11.0. The summed E-state index contributed by atoms with van der Waals surface area (Å²) in [5, 5.41) is 11.4. The zero-order valence-corrected chi connectivity index (χ0v) is 16.1. The summed E-state index contributed by atoms with van der Waals surface area (Å²) < 4.78 is 1.85. The maximum atomic E-state index is 12.5. The van der Waals surface area contributed by atoms with Gasteiger partial charge in [-0.25, -0.2) is 0 Å². The molecule has 1 aliphatic carbocycles. The number of amides is 2. The molecule has 1 N–H and O–H groups in total. The highest BCUT2D eigenvalue weighted by Crippen LogP contribution is 2.30. The largest absolute Gasteiger partial charge is 0.339 e. The molecular weight excluding hydrogens is 354 g/mol. The van der Waals surface area contributed by atoms with Crippen LogP contribution in [0.1, 0.15) is 37.0 Å². The maximum absolute atomic E-state index is 12.5. The molecule has 0 bridgehead atoms. The first kappa shape index (κ1) is 18.2. The molecule has 0 saturated heterocycles. The number of carbonyl (C=O) groups is 2. The van der Waals surface area contributed by atoms with Crippen molar-refractivity contribution in [1.82, 2.24) is 19.5 Å². The van der Waals surface area contributed by atoms with Crippen LogP contribution in [-0.2, 0) is 4.79 Å². The fourth-order valence-corrected chi connectivity index (χ4v) is 3.21. The molecule has 0 spiro atoms. The number of nitrogens with zero attached hydrogens (tertiary/aromatic N) is 4. The van der Waals surface area contributed by atoms with E-state index >= 15 is 0 Å². The minimum atomic E-state index is 0.0210. The average Bonchev–Trinajstić information content (AvgIpc) is 3.49. The normalized spacial score (nSPS) is 13.5. The molecule has 7 heteroatoms. The Bertz CT molecular complexity index is 1020. The van der Waals surface area contributed by atoms with Gasteiger partial charge in [0.2, 0.25) is 5.91 Å². The number of nitrogens with one attached hydrogen (secondary N) is 1. The number of fused-ring (bicyclic) bond motifs is 1. The van der Waals surface area contributed by atoms with Gasteiger partial charge >= 0.3 is 0 Å². The number of hydrogen-bond acceptors (Lipinski definition) is 4. The lowest BCUT2D eigenvalue weighted by Crippen LogP contribution is -2.30. The van der Waals surface area contributed by atoms with Crippen molar-refractivity contribution in [2.75, 3.05) is 18.4 Å². The summed E-state index contributed by atoms with van der Waals surface area (Å²) in [5.41, 5.74) is 2.93. The number of hydrogen-bond donors (Lipinski definition) is 1. The number of benzene rings is 1. The number of anilines is 1. The van der Waals surface area contributed by atoms with Gasteiger partial charge in [-0.2, -0.15) is 0 Å². The minimum Gasteiger partial charge on any atom is -0.339 e. The zero-order chi connectivity index (χ0) is 19.7. The summed E-state index contributed by atoms with van der Waals surface area (Å²) in [7, 11) is 0. The molecule has 144 valence electrons. The van der Waals surface area contributed by atoms with Crippen LogP contribution in [0.25, 0.3) is 17.0 Å². The number of aromatic nitrogens is 3. The molecular formula is C21H23N5O2. The smallest absolute Gasteiger partial charge is 0.253 e. The van der Waals surface area contributed by atoms with Crippen LogP contribution in [0.5, 0.6) is 0 Å². The van der Waals surface area contributed by atoms with Crippen LogP contribution in [0.3, 0.4) is 0 Å². The molecule has 1 aromatic carbocycles. The molecule has 4 rings (SSSR count). The Morgan fingerprint density at radius 2 is 1.79 bits per heavy atom.